The van der Waals surface area contributed by atoms with Crippen LogP contribution in [0.3, 0.4) is 0 Å². The number of rotatable bonds is 6. The minimum Gasteiger partial charge on any atom is -0.363 e. The lowest BCUT2D eigenvalue weighted by Gasteiger charge is -2.26. The maximum Gasteiger partial charge on any atom is 0.0357 e. The maximum absolute atomic E-state index is 3.48. The first-order valence-corrected chi connectivity index (χ1v) is 7.40. The second-order valence-electron chi connectivity index (χ2n) is 4.78. The molecule has 2 heterocycles. The van der Waals surface area contributed by atoms with Crippen molar-refractivity contribution in [1.82, 2.24) is 15.2 Å². The van der Waals surface area contributed by atoms with Crippen LogP contribution in [0.2, 0.25) is 0 Å². The van der Waals surface area contributed by atoms with Crippen molar-refractivity contribution in [1.29, 1.82) is 0 Å². The average molecular weight is 300 g/mol. The van der Waals surface area contributed by atoms with Gasteiger partial charge in [-0.05, 0) is 67.4 Å². The summed E-state index contributed by atoms with van der Waals surface area (Å²) in [4.78, 5) is 5.82. The lowest BCUT2D eigenvalue weighted by atomic mass is 10.1. The molecule has 0 unspecified atom stereocenters. The van der Waals surface area contributed by atoms with Gasteiger partial charge >= 0.3 is 0 Å². The van der Waals surface area contributed by atoms with E-state index in [0.29, 0.717) is 0 Å². The Kier molecular flexibility index (Phi) is 5.55. The topological polar surface area (TPSA) is 31.1 Å². The number of hydrogen-bond acceptors (Lipinski definition) is 2. The molecule has 0 aromatic carbocycles. The Balaban J connectivity index is 1.51. The number of nitrogens with one attached hydrogen (secondary N) is 2. The summed E-state index contributed by atoms with van der Waals surface area (Å²) in [6.45, 7) is 5.91. The van der Waals surface area contributed by atoms with Crippen LogP contribution < -0.4 is 5.32 Å². The lowest BCUT2D eigenvalue weighted by Crippen LogP contribution is -2.32. The molecule has 1 aliphatic rings. The van der Waals surface area contributed by atoms with Crippen LogP contribution in [0.4, 0.5) is 0 Å². The van der Waals surface area contributed by atoms with Crippen LogP contribution >= 0.6 is 15.9 Å². The smallest absolute Gasteiger partial charge is 0.0357 e. The number of aromatic amines is 1. The molecule has 1 aromatic heterocycles. The molecule has 0 radical (unpaired) electrons. The van der Waals surface area contributed by atoms with Gasteiger partial charge in [0.2, 0.25) is 0 Å². The number of nitrogens with zero attached hydrogens (tertiary/aromatic N) is 1. The highest BCUT2D eigenvalue weighted by Crippen LogP contribution is 2.10. The van der Waals surface area contributed by atoms with E-state index in [1.807, 2.05) is 6.20 Å². The number of likely N-dealkylation sites (tertiary alicyclic amines) is 1. The molecule has 4 heteroatoms. The van der Waals surface area contributed by atoms with E-state index in [1.165, 1.54) is 51.0 Å². The molecular weight excluding hydrogens is 278 g/mol. The van der Waals surface area contributed by atoms with Crippen LogP contribution in [0.5, 0.6) is 0 Å². The van der Waals surface area contributed by atoms with Crippen molar-refractivity contribution in [2.45, 2.75) is 32.2 Å². The number of aromatic nitrogens is 1. The minimum absolute atomic E-state index is 0.936. The first kappa shape index (κ1) is 13.1. The van der Waals surface area contributed by atoms with E-state index in [2.05, 4.69) is 37.2 Å². The quantitative estimate of drug-likeness (QED) is 0.792. The highest BCUT2D eigenvalue weighted by atomic mass is 79.9. The van der Waals surface area contributed by atoms with E-state index in [-0.39, 0.29) is 0 Å². The Hall–Kier alpha value is -0.320. The predicted molar refractivity (Wildman–Crippen MR) is 75.1 cm³/mol. The molecule has 1 aromatic rings. The number of H-pyrrole nitrogens is 1. The minimum atomic E-state index is 0.936. The zero-order chi connectivity index (χ0) is 11.9. The summed E-state index contributed by atoms with van der Waals surface area (Å²) in [5.41, 5.74) is 1.25. The standard InChI is InChI=1S/C13H22BrN3/c14-12-9-13(16-10-12)11-15-5-4-8-17-6-2-1-3-7-17/h9-10,15-16H,1-8,11H2. The van der Waals surface area contributed by atoms with Crippen molar-refractivity contribution >= 4 is 15.9 Å². The molecule has 1 saturated heterocycles. The fourth-order valence-corrected chi connectivity index (χ4v) is 2.74. The molecule has 2 N–H and O–H groups in total. The average Bonchev–Trinajstić information content (AvgIpc) is 2.76. The summed E-state index contributed by atoms with van der Waals surface area (Å²) < 4.78 is 1.13. The highest BCUT2D eigenvalue weighted by molar-refractivity contribution is 9.10. The van der Waals surface area contributed by atoms with Gasteiger partial charge in [0, 0.05) is 22.9 Å². The molecule has 17 heavy (non-hydrogen) atoms. The molecule has 96 valence electrons. The molecule has 1 fully saturated rings. The summed E-state index contributed by atoms with van der Waals surface area (Å²) in [6, 6.07) is 2.12. The molecule has 0 amide bonds. The molecule has 3 nitrogen and oxygen atoms in total. The van der Waals surface area contributed by atoms with Gasteiger partial charge in [-0.1, -0.05) is 6.42 Å². The van der Waals surface area contributed by atoms with E-state index in [1.54, 1.807) is 0 Å². The van der Waals surface area contributed by atoms with Gasteiger partial charge < -0.3 is 15.2 Å². The summed E-state index contributed by atoms with van der Waals surface area (Å²) in [7, 11) is 0. The monoisotopic (exact) mass is 299 g/mol. The Labute approximate surface area is 112 Å². The Bertz CT molecular complexity index is 318. The van der Waals surface area contributed by atoms with Crippen molar-refractivity contribution in [3.63, 3.8) is 0 Å². The predicted octanol–water partition coefficient (Wildman–Crippen LogP) is 2.74. The third kappa shape index (κ3) is 4.82. The highest BCUT2D eigenvalue weighted by Gasteiger charge is 2.08. The third-order valence-electron chi connectivity index (χ3n) is 3.30. The molecule has 0 bridgehead atoms. The molecule has 0 saturated carbocycles. The van der Waals surface area contributed by atoms with Crippen LogP contribution in [0.1, 0.15) is 31.4 Å². The number of hydrogen-bond donors (Lipinski definition) is 2. The fraction of sp³-hybridized carbons (Fsp3) is 0.692. The molecular formula is C13H22BrN3. The van der Waals surface area contributed by atoms with E-state index >= 15 is 0 Å². The summed E-state index contributed by atoms with van der Waals surface area (Å²) in [5, 5.41) is 3.48. The molecule has 2 rings (SSSR count). The lowest BCUT2D eigenvalue weighted by molar-refractivity contribution is 0.225. The van der Waals surface area contributed by atoms with Crippen molar-refractivity contribution in [2.24, 2.45) is 0 Å². The van der Waals surface area contributed by atoms with E-state index in [9.17, 15) is 0 Å². The number of halogens is 1. The molecule has 0 aliphatic carbocycles. The van der Waals surface area contributed by atoms with Gasteiger partial charge in [-0.2, -0.15) is 0 Å². The van der Waals surface area contributed by atoms with Gasteiger partial charge in [-0.3, -0.25) is 0 Å². The van der Waals surface area contributed by atoms with E-state index in [4.69, 9.17) is 0 Å². The second-order valence-corrected chi connectivity index (χ2v) is 5.69. The van der Waals surface area contributed by atoms with Gasteiger partial charge in [-0.25, -0.2) is 0 Å². The summed E-state index contributed by atoms with van der Waals surface area (Å²) >= 11 is 3.44. The molecule has 1 aliphatic heterocycles. The van der Waals surface area contributed by atoms with Crippen LogP contribution in [0.15, 0.2) is 16.7 Å². The van der Waals surface area contributed by atoms with Crippen molar-refractivity contribution < 1.29 is 0 Å². The van der Waals surface area contributed by atoms with Crippen LogP contribution in [0.25, 0.3) is 0 Å². The largest absolute Gasteiger partial charge is 0.363 e. The van der Waals surface area contributed by atoms with Crippen molar-refractivity contribution in [3.05, 3.63) is 22.4 Å². The van der Waals surface area contributed by atoms with Gasteiger partial charge in [0.1, 0.15) is 0 Å². The van der Waals surface area contributed by atoms with Crippen LogP contribution in [-0.4, -0.2) is 36.1 Å². The van der Waals surface area contributed by atoms with Gasteiger partial charge in [-0.15, -0.1) is 0 Å². The molecule has 0 spiro atoms. The first-order valence-electron chi connectivity index (χ1n) is 6.60. The fourth-order valence-electron chi connectivity index (χ4n) is 2.35. The summed E-state index contributed by atoms with van der Waals surface area (Å²) in [5.74, 6) is 0. The van der Waals surface area contributed by atoms with E-state index in [0.717, 1.165) is 17.6 Å². The number of piperidine rings is 1. The zero-order valence-corrected chi connectivity index (χ0v) is 11.9. The van der Waals surface area contributed by atoms with Crippen molar-refractivity contribution in [3.8, 4) is 0 Å². The van der Waals surface area contributed by atoms with Gasteiger partial charge in [0.25, 0.3) is 0 Å². The second kappa shape index (κ2) is 7.19. The third-order valence-corrected chi connectivity index (χ3v) is 3.76. The van der Waals surface area contributed by atoms with Crippen molar-refractivity contribution in [2.75, 3.05) is 26.2 Å². The van der Waals surface area contributed by atoms with Gasteiger partial charge in [0.15, 0.2) is 0 Å². The molecule has 0 atom stereocenters. The Morgan fingerprint density at radius 1 is 1.29 bits per heavy atom. The van der Waals surface area contributed by atoms with Gasteiger partial charge in [0.05, 0.1) is 0 Å². The summed E-state index contributed by atoms with van der Waals surface area (Å²) in [6.07, 6.45) is 7.44. The SMILES string of the molecule is Brc1c[nH]c(CNCCCN2CCCCC2)c1. The first-order chi connectivity index (χ1) is 8.34. The van der Waals surface area contributed by atoms with Crippen LogP contribution in [0, 0.1) is 0 Å². The zero-order valence-electron chi connectivity index (χ0n) is 10.3. The van der Waals surface area contributed by atoms with Crippen LogP contribution in [-0.2, 0) is 6.54 Å². The Morgan fingerprint density at radius 3 is 2.82 bits per heavy atom. The Morgan fingerprint density at radius 2 is 2.12 bits per heavy atom. The maximum atomic E-state index is 3.48. The normalized spacial score (nSPS) is 17.5. The van der Waals surface area contributed by atoms with E-state index < -0.39 is 0 Å².